The Morgan fingerprint density at radius 3 is 2.68 bits per heavy atom. The van der Waals surface area contributed by atoms with E-state index in [9.17, 15) is 0 Å². The van der Waals surface area contributed by atoms with Gasteiger partial charge in [0, 0.05) is 37.8 Å². The van der Waals surface area contributed by atoms with Gasteiger partial charge < -0.3 is 15.4 Å². The van der Waals surface area contributed by atoms with Gasteiger partial charge in [0.2, 0.25) is 0 Å². The molecule has 0 bridgehead atoms. The van der Waals surface area contributed by atoms with Crippen LogP contribution in [-0.4, -0.2) is 32.8 Å². The number of nitrogens with zero attached hydrogens (tertiary/aromatic N) is 1. The van der Waals surface area contributed by atoms with Gasteiger partial charge in [-0.2, -0.15) is 0 Å². The van der Waals surface area contributed by atoms with Gasteiger partial charge in [-0.15, -0.1) is 24.0 Å². The molecule has 0 fully saturated rings. The first-order chi connectivity index (χ1) is 10.2. The number of hydrogen-bond donors (Lipinski definition) is 2. The van der Waals surface area contributed by atoms with Crippen molar-refractivity contribution in [1.29, 1.82) is 0 Å². The lowest BCUT2D eigenvalue weighted by Crippen LogP contribution is -2.37. The second kappa shape index (κ2) is 13.1. The topological polar surface area (TPSA) is 45.6 Å². The number of hydrogen-bond acceptors (Lipinski definition) is 2. The number of unbranched alkanes of at least 4 members (excludes halogenated alkanes) is 1. The fourth-order valence-electron chi connectivity index (χ4n) is 1.94. The van der Waals surface area contributed by atoms with Crippen LogP contribution in [0, 0.1) is 6.92 Å². The minimum Gasteiger partial charge on any atom is -0.382 e. The van der Waals surface area contributed by atoms with Crippen molar-refractivity contribution in [3.63, 3.8) is 0 Å². The van der Waals surface area contributed by atoms with E-state index in [2.05, 4.69) is 56.7 Å². The van der Waals surface area contributed by atoms with Crippen LogP contribution in [0.25, 0.3) is 0 Å². The molecule has 1 aromatic carbocycles. The third kappa shape index (κ3) is 8.95. The minimum atomic E-state index is 0. The number of aliphatic imine (C=N–C) groups is 1. The molecular weight excluding hydrogens is 457 g/mol. The molecule has 0 aromatic heterocycles. The van der Waals surface area contributed by atoms with E-state index in [4.69, 9.17) is 4.74 Å². The Balaban J connectivity index is 0.00000441. The van der Waals surface area contributed by atoms with Gasteiger partial charge in [0.1, 0.15) is 0 Å². The Labute approximate surface area is 159 Å². The molecule has 4 nitrogen and oxygen atoms in total. The summed E-state index contributed by atoms with van der Waals surface area (Å²) in [5.74, 6) is 0.841. The van der Waals surface area contributed by atoms with Crippen molar-refractivity contribution < 1.29 is 4.74 Å². The molecule has 126 valence electrons. The van der Waals surface area contributed by atoms with Gasteiger partial charge >= 0.3 is 0 Å². The van der Waals surface area contributed by atoms with E-state index >= 15 is 0 Å². The highest BCUT2D eigenvalue weighted by atomic mass is 127. The zero-order valence-corrected chi connectivity index (χ0v) is 17.5. The molecule has 0 spiro atoms. The van der Waals surface area contributed by atoms with Crippen LogP contribution in [-0.2, 0) is 11.3 Å². The van der Waals surface area contributed by atoms with E-state index in [0.717, 1.165) is 49.6 Å². The molecule has 6 heteroatoms. The molecule has 0 atom stereocenters. The van der Waals surface area contributed by atoms with Crippen LogP contribution in [0.5, 0.6) is 0 Å². The second-order valence-electron chi connectivity index (χ2n) is 4.83. The summed E-state index contributed by atoms with van der Waals surface area (Å²) in [6.45, 7) is 7.45. The zero-order valence-electron chi connectivity index (χ0n) is 13.6. The van der Waals surface area contributed by atoms with Crippen molar-refractivity contribution in [1.82, 2.24) is 10.6 Å². The lowest BCUT2D eigenvalue weighted by atomic mass is 10.1. The summed E-state index contributed by atoms with van der Waals surface area (Å²) in [5, 5.41) is 6.66. The molecule has 0 aliphatic rings. The fourth-order valence-corrected chi connectivity index (χ4v) is 2.41. The molecular formula is C16H27BrIN3O. The predicted octanol–water partition coefficient (Wildman–Crippen LogP) is 3.86. The fraction of sp³-hybridized carbons (Fsp3) is 0.562. The number of rotatable bonds is 8. The van der Waals surface area contributed by atoms with E-state index in [1.807, 2.05) is 6.92 Å². The molecule has 0 heterocycles. The van der Waals surface area contributed by atoms with Gasteiger partial charge in [-0.3, -0.25) is 4.99 Å². The van der Waals surface area contributed by atoms with Crippen LogP contribution in [0.4, 0.5) is 0 Å². The summed E-state index contributed by atoms with van der Waals surface area (Å²) in [4.78, 5) is 4.24. The molecule has 0 saturated carbocycles. The summed E-state index contributed by atoms with van der Waals surface area (Å²) in [6, 6.07) is 6.32. The third-order valence-electron chi connectivity index (χ3n) is 3.19. The summed E-state index contributed by atoms with van der Waals surface area (Å²) in [6.07, 6.45) is 2.15. The van der Waals surface area contributed by atoms with Crippen molar-refractivity contribution in [3.05, 3.63) is 33.8 Å². The molecule has 1 rings (SSSR count). The highest BCUT2D eigenvalue weighted by Crippen LogP contribution is 2.15. The Hall–Kier alpha value is -0.340. The normalized spacial score (nSPS) is 11.0. The number of aryl methyl sites for hydroxylation is 1. The van der Waals surface area contributed by atoms with Crippen LogP contribution in [0.15, 0.2) is 27.7 Å². The van der Waals surface area contributed by atoms with Crippen LogP contribution in [0.2, 0.25) is 0 Å². The van der Waals surface area contributed by atoms with E-state index in [1.165, 1.54) is 11.1 Å². The Kier molecular flexibility index (Phi) is 12.9. The second-order valence-corrected chi connectivity index (χ2v) is 5.74. The van der Waals surface area contributed by atoms with Crippen molar-refractivity contribution >= 4 is 45.9 Å². The van der Waals surface area contributed by atoms with Crippen molar-refractivity contribution in [2.24, 2.45) is 4.99 Å². The van der Waals surface area contributed by atoms with Crippen LogP contribution in [0.1, 0.15) is 30.9 Å². The standard InChI is InChI=1S/C16H26BrN3O.HI/c1-4-21-10-6-5-9-19-16(18-3)20-12-14-7-8-15(17)11-13(14)2;/h7-8,11H,4-6,9-10,12H2,1-3H3,(H2,18,19,20);1H. The quantitative estimate of drug-likeness (QED) is 0.255. The maximum absolute atomic E-state index is 5.32. The van der Waals surface area contributed by atoms with Gasteiger partial charge in [0.05, 0.1) is 0 Å². The molecule has 1 aromatic rings. The lowest BCUT2D eigenvalue weighted by molar-refractivity contribution is 0.143. The maximum atomic E-state index is 5.32. The van der Waals surface area contributed by atoms with Crippen LogP contribution in [0.3, 0.4) is 0 Å². The van der Waals surface area contributed by atoms with Crippen molar-refractivity contribution in [2.75, 3.05) is 26.8 Å². The molecule has 0 aliphatic carbocycles. The largest absolute Gasteiger partial charge is 0.382 e. The molecule has 22 heavy (non-hydrogen) atoms. The van der Waals surface area contributed by atoms with E-state index < -0.39 is 0 Å². The smallest absolute Gasteiger partial charge is 0.191 e. The third-order valence-corrected chi connectivity index (χ3v) is 3.68. The SMILES string of the molecule is CCOCCCCNC(=NC)NCc1ccc(Br)cc1C.I. The minimum absolute atomic E-state index is 0. The first-order valence-electron chi connectivity index (χ1n) is 7.44. The highest BCUT2D eigenvalue weighted by Gasteiger charge is 2.01. The average Bonchev–Trinajstić information content (AvgIpc) is 2.47. The Bertz CT molecular complexity index is 455. The predicted molar refractivity (Wildman–Crippen MR) is 108 cm³/mol. The number of benzene rings is 1. The maximum Gasteiger partial charge on any atom is 0.191 e. The first-order valence-corrected chi connectivity index (χ1v) is 8.24. The molecule has 0 radical (unpaired) electrons. The van der Waals surface area contributed by atoms with Crippen molar-refractivity contribution in [3.8, 4) is 0 Å². The van der Waals surface area contributed by atoms with E-state index in [-0.39, 0.29) is 24.0 Å². The summed E-state index contributed by atoms with van der Waals surface area (Å²) >= 11 is 3.48. The zero-order chi connectivity index (χ0) is 15.5. The van der Waals surface area contributed by atoms with Gasteiger partial charge in [-0.1, -0.05) is 22.0 Å². The first kappa shape index (κ1) is 21.7. The van der Waals surface area contributed by atoms with Gasteiger partial charge in [0.15, 0.2) is 5.96 Å². The summed E-state index contributed by atoms with van der Waals surface area (Å²) in [7, 11) is 1.80. The van der Waals surface area contributed by atoms with Gasteiger partial charge in [-0.05, 0) is 49.9 Å². The molecule has 2 N–H and O–H groups in total. The number of guanidine groups is 1. The molecule has 0 aliphatic heterocycles. The molecule has 0 saturated heterocycles. The lowest BCUT2D eigenvalue weighted by Gasteiger charge is -2.13. The molecule has 0 amide bonds. The van der Waals surface area contributed by atoms with Gasteiger partial charge in [0.25, 0.3) is 0 Å². The summed E-state index contributed by atoms with van der Waals surface area (Å²) in [5.41, 5.74) is 2.54. The van der Waals surface area contributed by atoms with E-state index in [1.54, 1.807) is 7.05 Å². The van der Waals surface area contributed by atoms with Crippen molar-refractivity contribution in [2.45, 2.75) is 33.2 Å². The number of ether oxygens (including phenoxy) is 1. The number of halogens is 2. The van der Waals surface area contributed by atoms with Gasteiger partial charge in [-0.25, -0.2) is 0 Å². The summed E-state index contributed by atoms with van der Waals surface area (Å²) < 4.78 is 6.43. The monoisotopic (exact) mass is 483 g/mol. The van der Waals surface area contributed by atoms with Crippen LogP contribution >= 0.6 is 39.9 Å². The van der Waals surface area contributed by atoms with Crippen LogP contribution < -0.4 is 10.6 Å². The Morgan fingerprint density at radius 2 is 2.05 bits per heavy atom. The van der Waals surface area contributed by atoms with E-state index in [0.29, 0.717) is 0 Å². The molecule has 0 unspecified atom stereocenters. The number of nitrogens with one attached hydrogen (secondary N) is 2. The average molecular weight is 484 g/mol. The highest BCUT2D eigenvalue weighted by molar-refractivity contribution is 14.0. The Morgan fingerprint density at radius 1 is 1.27 bits per heavy atom.